The summed E-state index contributed by atoms with van der Waals surface area (Å²) in [7, 11) is 0. The smallest absolute Gasteiger partial charge is 0.0593 e. The minimum atomic E-state index is -0.189. The Morgan fingerprint density at radius 1 is 1.24 bits per heavy atom. The highest BCUT2D eigenvalue weighted by Gasteiger charge is 2.05. The molecule has 0 aliphatic carbocycles. The molecule has 2 rings (SSSR count). The van der Waals surface area contributed by atoms with E-state index < -0.39 is 0 Å². The van der Waals surface area contributed by atoms with Crippen molar-refractivity contribution in [2.75, 3.05) is 0 Å². The third kappa shape index (κ3) is 2.47. The monoisotopic (exact) mass is 223 g/mol. The van der Waals surface area contributed by atoms with E-state index in [4.69, 9.17) is 5.53 Å². The van der Waals surface area contributed by atoms with Crippen LogP contribution in [-0.2, 0) is 6.42 Å². The number of hydrogen-bond acceptors (Lipinski definition) is 1. The molecule has 0 heterocycles. The normalized spacial score (nSPS) is 11.8. The Morgan fingerprint density at radius 2 is 2.00 bits per heavy atom. The number of nitrogens with zero attached hydrogens (tertiary/aromatic N) is 3. The van der Waals surface area contributed by atoms with Crippen LogP contribution in [0.4, 0.5) is 0 Å². The van der Waals surface area contributed by atoms with E-state index in [2.05, 4.69) is 40.9 Å². The summed E-state index contributed by atoms with van der Waals surface area (Å²) in [5.41, 5.74) is 9.65. The van der Waals surface area contributed by atoms with E-state index in [1.807, 2.05) is 18.2 Å². The SMILES string of the molecule is C=CC(Cc1cccc2ccccc12)N=[N+]=[N-]. The van der Waals surface area contributed by atoms with Gasteiger partial charge in [-0.3, -0.25) is 0 Å². The molecule has 0 saturated heterocycles. The van der Waals surface area contributed by atoms with Gasteiger partial charge in [0.1, 0.15) is 0 Å². The van der Waals surface area contributed by atoms with Gasteiger partial charge in [0.15, 0.2) is 0 Å². The largest absolute Gasteiger partial charge is 0.103 e. The average Bonchev–Trinajstić information content (AvgIpc) is 2.38. The Hall–Kier alpha value is -2.25. The minimum Gasteiger partial charge on any atom is -0.103 e. The van der Waals surface area contributed by atoms with Gasteiger partial charge in [-0.2, -0.15) is 0 Å². The molecular weight excluding hydrogens is 210 g/mol. The van der Waals surface area contributed by atoms with E-state index in [1.165, 1.54) is 16.3 Å². The predicted molar refractivity (Wildman–Crippen MR) is 70.8 cm³/mol. The molecule has 0 bridgehead atoms. The van der Waals surface area contributed by atoms with Crippen molar-refractivity contribution in [1.82, 2.24) is 0 Å². The standard InChI is InChI=1S/C14H13N3/c1-2-13(16-17-15)10-12-8-5-7-11-6-3-4-9-14(11)12/h2-9,13H,1,10H2. The fourth-order valence-electron chi connectivity index (χ4n) is 1.93. The maximum atomic E-state index is 8.47. The second-order valence-electron chi connectivity index (χ2n) is 3.85. The topological polar surface area (TPSA) is 48.8 Å². The Kier molecular flexibility index (Phi) is 3.43. The van der Waals surface area contributed by atoms with Crippen LogP contribution in [0.2, 0.25) is 0 Å². The Bertz CT molecular complexity index is 578. The summed E-state index contributed by atoms with van der Waals surface area (Å²) < 4.78 is 0. The number of benzene rings is 2. The molecule has 2 aromatic rings. The molecule has 0 aliphatic rings. The van der Waals surface area contributed by atoms with E-state index in [9.17, 15) is 0 Å². The summed E-state index contributed by atoms with van der Waals surface area (Å²) in [6.45, 7) is 3.69. The van der Waals surface area contributed by atoms with Crippen LogP contribution in [0.3, 0.4) is 0 Å². The van der Waals surface area contributed by atoms with Gasteiger partial charge in [-0.1, -0.05) is 53.7 Å². The molecule has 0 radical (unpaired) electrons. The average molecular weight is 223 g/mol. The fraction of sp³-hybridized carbons (Fsp3) is 0.143. The Morgan fingerprint density at radius 3 is 2.76 bits per heavy atom. The van der Waals surface area contributed by atoms with E-state index in [-0.39, 0.29) is 6.04 Å². The third-order valence-electron chi connectivity index (χ3n) is 2.78. The van der Waals surface area contributed by atoms with Gasteiger partial charge in [-0.05, 0) is 28.3 Å². The summed E-state index contributed by atoms with van der Waals surface area (Å²) in [5.74, 6) is 0. The van der Waals surface area contributed by atoms with Gasteiger partial charge in [-0.15, -0.1) is 6.58 Å². The van der Waals surface area contributed by atoms with Crippen LogP contribution in [0.1, 0.15) is 5.56 Å². The fourth-order valence-corrected chi connectivity index (χ4v) is 1.93. The molecule has 0 N–H and O–H groups in total. The van der Waals surface area contributed by atoms with Crippen molar-refractivity contribution in [3.05, 3.63) is 71.1 Å². The molecule has 2 aromatic carbocycles. The lowest BCUT2D eigenvalue weighted by atomic mass is 9.99. The van der Waals surface area contributed by atoms with Crippen molar-refractivity contribution < 1.29 is 0 Å². The van der Waals surface area contributed by atoms with Crippen molar-refractivity contribution in [3.63, 3.8) is 0 Å². The maximum absolute atomic E-state index is 8.47. The van der Waals surface area contributed by atoms with Gasteiger partial charge in [0.2, 0.25) is 0 Å². The molecule has 0 spiro atoms. The van der Waals surface area contributed by atoms with Gasteiger partial charge >= 0.3 is 0 Å². The number of rotatable bonds is 4. The van der Waals surface area contributed by atoms with Crippen molar-refractivity contribution in [2.45, 2.75) is 12.5 Å². The summed E-state index contributed by atoms with van der Waals surface area (Å²) in [6, 6.07) is 14.2. The molecular formula is C14H13N3. The summed E-state index contributed by atoms with van der Waals surface area (Å²) in [6.07, 6.45) is 2.37. The first kappa shape index (κ1) is 11.2. The number of azide groups is 1. The zero-order valence-corrected chi connectivity index (χ0v) is 9.45. The molecule has 3 nitrogen and oxygen atoms in total. The van der Waals surface area contributed by atoms with Crippen LogP contribution in [-0.4, -0.2) is 6.04 Å². The highest BCUT2D eigenvalue weighted by atomic mass is 15.1. The summed E-state index contributed by atoms with van der Waals surface area (Å²) in [4.78, 5) is 2.84. The Balaban J connectivity index is 2.41. The minimum absolute atomic E-state index is 0.189. The van der Waals surface area contributed by atoms with Gasteiger partial charge in [0.05, 0.1) is 6.04 Å². The van der Waals surface area contributed by atoms with Crippen molar-refractivity contribution >= 4 is 10.8 Å². The van der Waals surface area contributed by atoms with Crippen molar-refractivity contribution in [3.8, 4) is 0 Å². The number of fused-ring (bicyclic) bond motifs is 1. The third-order valence-corrected chi connectivity index (χ3v) is 2.78. The second-order valence-corrected chi connectivity index (χ2v) is 3.85. The zero-order valence-electron chi connectivity index (χ0n) is 9.45. The predicted octanol–water partition coefficient (Wildman–Crippen LogP) is 4.25. The molecule has 0 saturated carbocycles. The molecule has 1 unspecified atom stereocenters. The van der Waals surface area contributed by atoms with Crippen LogP contribution < -0.4 is 0 Å². The molecule has 0 aromatic heterocycles. The van der Waals surface area contributed by atoms with Gasteiger partial charge < -0.3 is 0 Å². The Labute approximate surface area is 100 Å². The van der Waals surface area contributed by atoms with Gasteiger partial charge in [0.25, 0.3) is 0 Å². The maximum Gasteiger partial charge on any atom is 0.0593 e. The van der Waals surface area contributed by atoms with E-state index in [0.29, 0.717) is 6.42 Å². The summed E-state index contributed by atoms with van der Waals surface area (Å²) >= 11 is 0. The van der Waals surface area contributed by atoms with Crippen LogP contribution in [0.15, 0.2) is 60.2 Å². The highest BCUT2D eigenvalue weighted by molar-refractivity contribution is 5.85. The first-order valence-electron chi connectivity index (χ1n) is 5.48. The first-order chi connectivity index (χ1) is 8.35. The van der Waals surface area contributed by atoms with Crippen LogP contribution >= 0.6 is 0 Å². The molecule has 0 aliphatic heterocycles. The van der Waals surface area contributed by atoms with E-state index >= 15 is 0 Å². The van der Waals surface area contributed by atoms with Crippen molar-refractivity contribution in [1.29, 1.82) is 0 Å². The van der Waals surface area contributed by atoms with Crippen molar-refractivity contribution in [2.24, 2.45) is 5.11 Å². The first-order valence-corrected chi connectivity index (χ1v) is 5.48. The lowest BCUT2D eigenvalue weighted by molar-refractivity contribution is 0.808. The highest BCUT2D eigenvalue weighted by Crippen LogP contribution is 2.20. The van der Waals surface area contributed by atoms with E-state index in [1.54, 1.807) is 6.08 Å². The number of hydrogen-bond donors (Lipinski definition) is 0. The van der Waals surface area contributed by atoms with Crippen LogP contribution in [0, 0.1) is 0 Å². The summed E-state index contributed by atoms with van der Waals surface area (Å²) in [5, 5.41) is 6.11. The molecule has 84 valence electrons. The molecule has 3 heteroatoms. The molecule has 1 atom stereocenters. The van der Waals surface area contributed by atoms with E-state index in [0.717, 1.165) is 0 Å². The molecule has 17 heavy (non-hydrogen) atoms. The molecule has 0 amide bonds. The van der Waals surface area contributed by atoms with Crippen LogP contribution in [0.5, 0.6) is 0 Å². The zero-order chi connectivity index (χ0) is 12.1. The second kappa shape index (κ2) is 5.19. The van der Waals surface area contributed by atoms with Crippen LogP contribution in [0.25, 0.3) is 21.2 Å². The molecule has 0 fully saturated rings. The van der Waals surface area contributed by atoms with Gasteiger partial charge in [0, 0.05) is 4.91 Å². The van der Waals surface area contributed by atoms with Gasteiger partial charge in [-0.25, -0.2) is 0 Å². The lowest BCUT2D eigenvalue weighted by Crippen LogP contribution is -2.03. The lowest BCUT2D eigenvalue weighted by Gasteiger charge is -2.09. The quantitative estimate of drug-likeness (QED) is 0.322.